The molecule has 1 aromatic rings. The largest absolute Gasteiger partial charge is 0.496 e. The zero-order chi connectivity index (χ0) is 24.3. The Kier molecular flexibility index (Phi) is 8.93. The van der Waals surface area contributed by atoms with Crippen LogP contribution in [0.5, 0.6) is 5.75 Å². The summed E-state index contributed by atoms with van der Waals surface area (Å²) in [4.78, 5) is 13.4. The van der Waals surface area contributed by atoms with Gasteiger partial charge in [-0.05, 0) is 47.5 Å². The highest BCUT2D eigenvalue weighted by molar-refractivity contribution is 7.56. The Bertz CT molecular complexity index is 844. The first-order valence-corrected chi connectivity index (χ1v) is 12.4. The third-order valence-electron chi connectivity index (χ3n) is 6.04. The molecule has 0 aromatic heterocycles. The van der Waals surface area contributed by atoms with E-state index in [0.717, 1.165) is 22.4 Å². The normalized spacial score (nSPS) is 13.6. The van der Waals surface area contributed by atoms with Crippen molar-refractivity contribution in [2.45, 2.75) is 84.2 Å². The summed E-state index contributed by atoms with van der Waals surface area (Å²) in [7, 11) is 0.675. The Morgan fingerprint density at radius 1 is 0.935 bits per heavy atom. The summed E-state index contributed by atoms with van der Waals surface area (Å²) < 4.78 is 29.5. The van der Waals surface area contributed by atoms with Crippen LogP contribution < -0.4 is 4.74 Å². The lowest BCUT2D eigenvalue weighted by atomic mass is 9.78. The van der Waals surface area contributed by atoms with E-state index in [9.17, 15) is 9.36 Å². The minimum Gasteiger partial charge on any atom is -0.496 e. The molecule has 6 heteroatoms. The second-order valence-electron chi connectivity index (χ2n) is 9.95. The first-order chi connectivity index (χ1) is 14.2. The fraction of sp³-hybridized carbons (Fsp3) is 0.640. The van der Waals surface area contributed by atoms with Gasteiger partial charge in [0.05, 0.1) is 7.11 Å². The molecule has 0 heterocycles. The third kappa shape index (κ3) is 5.50. The number of methoxy groups -OCH3 is 1. The smallest absolute Gasteiger partial charge is 0.343 e. The molecule has 0 radical (unpaired) electrons. The number of benzene rings is 1. The number of carbonyl (C=O) groups is 1. The molecule has 0 aliphatic rings. The Morgan fingerprint density at radius 2 is 1.45 bits per heavy atom. The molecule has 1 rings (SSSR count). The summed E-state index contributed by atoms with van der Waals surface area (Å²) in [5, 5.41) is -1.23. The number of ketones is 1. The molecule has 0 saturated carbocycles. The predicted octanol–water partition coefficient (Wildman–Crippen LogP) is 6.92. The van der Waals surface area contributed by atoms with Gasteiger partial charge in [-0.3, -0.25) is 9.36 Å². The SMILES string of the molecule is CCC(CC)(C(=O)/C=C/c1cc(C(C)(C)C)cc(C(C)(C)C)c1OC)P(=O)(OC)OC. The second-order valence-corrected chi connectivity index (χ2v) is 12.5. The third-order valence-corrected chi connectivity index (χ3v) is 8.91. The van der Waals surface area contributed by atoms with Crippen LogP contribution in [0, 0.1) is 0 Å². The van der Waals surface area contributed by atoms with Crippen molar-refractivity contribution in [3.8, 4) is 5.75 Å². The van der Waals surface area contributed by atoms with Crippen LogP contribution >= 0.6 is 7.60 Å². The van der Waals surface area contributed by atoms with Crippen LogP contribution in [-0.2, 0) is 29.2 Å². The van der Waals surface area contributed by atoms with Gasteiger partial charge < -0.3 is 13.8 Å². The average Bonchev–Trinajstić information content (AvgIpc) is 2.70. The highest BCUT2D eigenvalue weighted by Gasteiger charge is 2.52. The molecule has 0 aliphatic carbocycles. The molecule has 0 N–H and O–H groups in total. The van der Waals surface area contributed by atoms with E-state index in [1.54, 1.807) is 13.2 Å². The minimum absolute atomic E-state index is 0.0722. The summed E-state index contributed by atoms with van der Waals surface area (Å²) in [6, 6.07) is 4.24. The van der Waals surface area contributed by atoms with Gasteiger partial charge in [0.25, 0.3) is 0 Å². The van der Waals surface area contributed by atoms with Gasteiger partial charge in [0.15, 0.2) is 5.78 Å². The maximum Gasteiger partial charge on any atom is 0.343 e. The lowest BCUT2D eigenvalue weighted by Gasteiger charge is -2.34. The van der Waals surface area contributed by atoms with Crippen molar-refractivity contribution in [1.29, 1.82) is 0 Å². The van der Waals surface area contributed by atoms with Gasteiger partial charge in [-0.1, -0.05) is 61.5 Å². The molecule has 0 amide bonds. The quantitative estimate of drug-likeness (QED) is 0.301. The van der Waals surface area contributed by atoms with Gasteiger partial charge in [0, 0.05) is 25.3 Å². The van der Waals surface area contributed by atoms with E-state index in [1.807, 2.05) is 13.8 Å². The van der Waals surface area contributed by atoms with Gasteiger partial charge in [-0.15, -0.1) is 0 Å². The molecule has 0 atom stereocenters. The summed E-state index contributed by atoms with van der Waals surface area (Å²) in [6.07, 6.45) is 3.95. The van der Waals surface area contributed by atoms with Crippen molar-refractivity contribution in [2.75, 3.05) is 21.3 Å². The molecular formula is C25H41O5P. The molecule has 176 valence electrons. The van der Waals surface area contributed by atoms with Crippen molar-refractivity contribution in [3.05, 3.63) is 34.9 Å². The van der Waals surface area contributed by atoms with Gasteiger partial charge >= 0.3 is 7.60 Å². The Hall–Kier alpha value is -1.42. The summed E-state index contributed by atoms with van der Waals surface area (Å²) >= 11 is 0. The van der Waals surface area contributed by atoms with E-state index in [1.165, 1.54) is 20.3 Å². The Morgan fingerprint density at radius 3 is 1.81 bits per heavy atom. The van der Waals surface area contributed by atoms with E-state index in [4.69, 9.17) is 13.8 Å². The predicted molar refractivity (Wildman–Crippen MR) is 129 cm³/mol. The standard InChI is InChI=1S/C25H41O5P/c1-12-25(13-2,31(27,29-10)30-11)21(26)15-14-18-16-19(23(3,4)5)17-20(22(18)28-9)24(6,7)8/h14-17H,12-13H2,1-11H3/b15-14+. The van der Waals surface area contributed by atoms with E-state index in [0.29, 0.717) is 12.8 Å². The zero-order valence-electron chi connectivity index (χ0n) is 21.2. The summed E-state index contributed by atoms with van der Waals surface area (Å²) in [6.45, 7) is 16.6. The Balaban J connectivity index is 3.69. The molecule has 0 aliphatic heterocycles. The average molecular weight is 453 g/mol. The monoisotopic (exact) mass is 452 g/mol. The van der Waals surface area contributed by atoms with Gasteiger partial charge in [-0.2, -0.15) is 0 Å². The highest BCUT2D eigenvalue weighted by Crippen LogP contribution is 2.62. The molecule has 1 aromatic carbocycles. The number of ether oxygens (including phenoxy) is 1. The van der Waals surface area contributed by atoms with Gasteiger partial charge in [0.1, 0.15) is 10.9 Å². The van der Waals surface area contributed by atoms with Crippen molar-refractivity contribution in [2.24, 2.45) is 0 Å². The van der Waals surface area contributed by atoms with Crippen molar-refractivity contribution in [1.82, 2.24) is 0 Å². The molecule has 0 unspecified atom stereocenters. The highest BCUT2D eigenvalue weighted by atomic mass is 31.2. The van der Waals surface area contributed by atoms with Gasteiger partial charge in [-0.25, -0.2) is 0 Å². The van der Waals surface area contributed by atoms with Crippen LogP contribution in [0.15, 0.2) is 18.2 Å². The van der Waals surface area contributed by atoms with Crippen LogP contribution in [0.3, 0.4) is 0 Å². The minimum atomic E-state index is -3.62. The maximum absolute atomic E-state index is 13.4. The topological polar surface area (TPSA) is 61.8 Å². The first kappa shape index (κ1) is 27.6. The summed E-state index contributed by atoms with van der Waals surface area (Å²) in [5.41, 5.74) is 2.83. The van der Waals surface area contributed by atoms with E-state index in [-0.39, 0.29) is 16.6 Å². The fourth-order valence-corrected chi connectivity index (χ4v) is 5.83. The van der Waals surface area contributed by atoms with Crippen LogP contribution in [0.25, 0.3) is 6.08 Å². The Labute approximate surface area is 189 Å². The van der Waals surface area contributed by atoms with E-state index in [2.05, 4.69) is 53.7 Å². The van der Waals surface area contributed by atoms with Gasteiger partial charge in [0.2, 0.25) is 0 Å². The van der Waals surface area contributed by atoms with Crippen molar-refractivity contribution >= 4 is 19.5 Å². The van der Waals surface area contributed by atoms with E-state index < -0.39 is 12.8 Å². The van der Waals surface area contributed by atoms with Crippen LogP contribution in [0.4, 0.5) is 0 Å². The van der Waals surface area contributed by atoms with Crippen molar-refractivity contribution in [3.63, 3.8) is 0 Å². The number of rotatable bonds is 9. The molecule has 0 bridgehead atoms. The first-order valence-electron chi connectivity index (χ1n) is 10.8. The number of carbonyl (C=O) groups excluding carboxylic acids is 1. The molecule has 0 saturated heterocycles. The van der Waals surface area contributed by atoms with E-state index >= 15 is 0 Å². The molecule has 0 spiro atoms. The fourth-order valence-electron chi connectivity index (χ4n) is 3.86. The maximum atomic E-state index is 13.4. The summed E-state index contributed by atoms with van der Waals surface area (Å²) in [5.74, 6) is 0.467. The number of allylic oxidation sites excluding steroid dienone is 1. The lowest BCUT2D eigenvalue weighted by molar-refractivity contribution is -0.117. The zero-order valence-corrected chi connectivity index (χ0v) is 22.1. The number of hydrogen-bond acceptors (Lipinski definition) is 5. The van der Waals surface area contributed by atoms with Crippen molar-refractivity contribution < 1.29 is 23.1 Å². The van der Waals surface area contributed by atoms with Crippen LogP contribution in [-0.4, -0.2) is 32.3 Å². The lowest BCUT2D eigenvalue weighted by Crippen LogP contribution is -2.37. The molecule has 0 fully saturated rings. The number of hydrogen-bond donors (Lipinski definition) is 0. The molecule has 5 nitrogen and oxygen atoms in total. The second kappa shape index (κ2) is 10.0. The molecule has 31 heavy (non-hydrogen) atoms. The molecular weight excluding hydrogens is 411 g/mol. The van der Waals surface area contributed by atoms with Crippen LogP contribution in [0.2, 0.25) is 0 Å². The van der Waals surface area contributed by atoms with Crippen LogP contribution in [0.1, 0.15) is 84.9 Å².